The number of alkyl halides is 3. The number of carbonyl (C=O) groups excluding carboxylic acids is 1. The van der Waals surface area contributed by atoms with Gasteiger partial charge >= 0.3 is 3.98 Å². The van der Waals surface area contributed by atoms with Crippen LogP contribution in [-0.4, -0.2) is 20.8 Å². The van der Waals surface area contributed by atoms with Crippen LogP contribution in [0.3, 0.4) is 0 Å². The van der Waals surface area contributed by atoms with E-state index in [1.807, 2.05) is 0 Å². The van der Waals surface area contributed by atoms with Gasteiger partial charge in [0.2, 0.25) is 6.29 Å². The van der Waals surface area contributed by atoms with Crippen molar-refractivity contribution in [2.24, 2.45) is 0 Å². The van der Waals surface area contributed by atoms with Gasteiger partial charge in [-0.05, 0) is 29.5 Å². The molecule has 0 rings (SSSR count). The average Bonchev–Trinajstić information content (AvgIpc) is 1.81. The minimum absolute atomic E-state index is 0.138. The summed E-state index contributed by atoms with van der Waals surface area (Å²) in [7, 11) is 0. The van der Waals surface area contributed by atoms with Gasteiger partial charge in [0, 0.05) is 6.42 Å². The first-order chi connectivity index (χ1) is 5.81. The molecule has 0 aliphatic heterocycles. The summed E-state index contributed by atoms with van der Waals surface area (Å²) in [6, 6.07) is 0. The summed E-state index contributed by atoms with van der Waals surface area (Å²) in [6.07, 6.45) is -1.17. The Hall–Kier alpha value is 0.750. The van der Waals surface area contributed by atoms with Gasteiger partial charge in [-0.2, -0.15) is 8.78 Å². The van der Waals surface area contributed by atoms with Crippen LogP contribution >= 0.6 is 45.2 Å². The molecule has 0 saturated carbocycles. The molecule has 0 aromatic rings. The van der Waals surface area contributed by atoms with E-state index in [9.17, 15) is 13.6 Å². The van der Waals surface area contributed by atoms with Gasteiger partial charge in [-0.25, -0.2) is 4.79 Å². The van der Waals surface area contributed by atoms with Crippen LogP contribution in [0.4, 0.5) is 13.6 Å². The van der Waals surface area contributed by atoms with Gasteiger partial charge in [0.1, 0.15) is 0 Å². The fourth-order valence-electron chi connectivity index (χ4n) is 0.505. The quantitative estimate of drug-likeness (QED) is 0.297. The summed E-state index contributed by atoms with van der Waals surface area (Å²) in [6.45, 7) is 1.34. The summed E-state index contributed by atoms with van der Waals surface area (Å²) < 4.78 is 30.5. The van der Waals surface area contributed by atoms with E-state index in [4.69, 9.17) is 4.74 Å². The highest BCUT2D eigenvalue weighted by Gasteiger charge is 2.23. The van der Waals surface area contributed by atoms with Crippen LogP contribution in [0.5, 0.6) is 0 Å². The summed E-state index contributed by atoms with van der Waals surface area (Å²) in [5, 5.41) is 0. The zero-order valence-corrected chi connectivity index (χ0v) is 11.0. The maximum absolute atomic E-state index is 12.2. The fourth-order valence-corrected chi connectivity index (χ4v) is 1.08. The summed E-state index contributed by atoms with van der Waals surface area (Å²) in [5.41, 5.74) is 0. The van der Waals surface area contributed by atoms with Gasteiger partial charge in [0.05, 0.1) is 29.2 Å². The van der Waals surface area contributed by atoms with Crippen molar-refractivity contribution in [1.29, 1.82) is 0 Å². The molecule has 0 aromatic carbocycles. The van der Waals surface area contributed by atoms with E-state index < -0.39 is 20.6 Å². The Balaban J connectivity index is 3.48. The van der Waals surface area contributed by atoms with E-state index in [1.54, 1.807) is 0 Å². The van der Waals surface area contributed by atoms with Crippen molar-refractivity contribution < 1.29 is 23.0 Å². The third kappa shape index (κ3) is 10.7. The van der Waals surface area contributed by atoms with Crippen molar-refractivity contribution in [2.75, 3.05) is 6.61 Å². The molecule has 3 nitrogen and oxygen atoms in total. The van der Waals surface area contributed by atoms with Crippen LogP contribution in [-0.2, 0) is 9.47 Å². The Morgan fingerprint density at radius 2 is 2.15 bits per heavy atom. The minimum atomic E-state index is -2.77. The molecule has 0 amide bonds. The lowest BCUT2D eigenvalue weighted by Gasteiger charge is -2.13. The Morgan fingerprint density at radius 3 is 2.54 bits per heavy atom. The lowest BCUT2D eigenvalue weighted by Crippen LogP contribution is -2.18. The molecule has 0 spiro atoms. The first kappa shape index (κ1) is 13.8. The Kier molecular flexibility index (Phi) is 6.64. The first-order valence-electron chi connectivity index (χ1n) is 3.36. The van der Waals surface area contributed by atoms with Gasteiger partial charge in [0.25, 0.3) is 3.93 Å². The molecule has 13 heavy (non-hydrogen) atoms. The molecule has 0 aromatic heterocycles. The molecule has 0 saturated heterocycles. The van der Waals surface area contributed by atoms with Gasteiger partial charge in [0.15, 0.2) is 0 Å². The maximum atomic E-state index is 12.2. The molecule has 1 unspecified atom stereocenters. The zero-order chi connectivity index (χ0) is 10.5. The van der Waals surface area contributed by atoms with Crippen molar-refractivity contribution in [3.63, 3.8) is 0 Å². The van der Waals surface area contributed by atoms with Crippen LogP contribution in [0.15, 0.2) is 0 Å². The number of halogens is 4. The topological polar surface area (TPSA) is 35.5 Å². The minimum Gasteiger partial charge on any atom is -0.429 e. The number of hydrogen-bond acceptors (Lipinski definition) is 3. The van der Waals surface area contributed by atoms with Crippen molar-refractivity contribution in [3.8, 4) is 0 Å². The Labute approximate surface area is 102 Å². The second-order valence-electron chi connectivity index (χ2n) is 2.16. The third-order valence-electron chi connectivity index (χ3n) is 0.997. The molecular formula is C6H8F2I2O3. The van der Waals surface area contributed by atoms with Crippen molar-refractivity contribution in [1.82, 2.24) is 0 Å². The summed E-state index contributed by atoms with van der Waals surface area (Å²) in [4.78, 5) is 10.3. The number of carbonyl (C=O) groups is 1. The van der Waals surface area contributed by atoms with Crippen LogP contribution in [0.1, 0.15) is 13.3 Å². The number of ether oxygens (including phenoxy) is 2. The predicted octanol–water partition coefficient (Wildman–Crippen LogP) is 3.34. The lowest BCUT2D eigenvalue weighted by molar-refractivity contribution is -0.0920. The Morgan fingerprint density at radius 1 is 1.62 bits per heavy atom. The molecule has 0 aliphatic rings. The molecular weight excluding hydrogens is 412 g/mol. The smallest absolute Gasteiger partial charge is 0.369 e. The lowest BCUT2D eigenvalue weighted by atomic mass is 10.5. The van der Waals surface area contributed by atoms with E-state index in [0.29, 0.717) is 0 Å². The van der Waals surface area contributed by atoms with Crippen molar-refractivity contribution in [3.05, 3.63) is 0 Å². The molecule has 1 atom stereocenters. The van der Waals surface area contributed by atoms with Gasteiger partial charge < -0.3 is 9.47 Å². The SMILES string of the molecule is CC(OCCC(F)(F)I)OC(=O)I. The van der Waals surface area contributed by atoms with Crippen LogP contribution in [0, 0.1) is 0 Å². The summed E-state index contributed by atoms with van der Waals surface area (Å²) in [5.74, 6) is 0. The highest BCUT2D eigenvalue weighted by molar-refractivity contribution is 14.1. The van der Waals surface area contributed by atoms with Crippen molar-refractivity contribution >= 4 is 49.2 Å². The standard InChI is InChI=1S/C6H8F2I2O3/c1-4(13-5(9)11)12-3-2-6(7,8)10/h4H,2-3H2,1H3. The monoisotopic (exact) mass is 420 g/mol. The summed E-state index contributed by atoms with van der Waals surface area (Å²) >= 11 is 2.46. The van der Waals surface area contributed by atoms with Crippen LogP contribution < -0.4 is 0 Å². The molecule has 7 heteroatoms. The highest BCUT2D eigenvalue weighted by Crippen LogP contribution is 2.26. The van der Waals surface area contributed by atoms with E-state index in [1.165, 1.54) is 29.5 Å². The molecule has 0 N–H and O–H groups in total. The van der Waals surface area contributed by atoms with Crippen LogP contribution in [0.25, 0.3) is 0 Å². The molecule has 0 aliphatic carbocycles. The largest absolute Gasteiger partial charge is 0.429 e. The van der Waals surface area contributed by atoms with E-state index in [0.717, 1.165) is 22.6 Å². The molecule has 0 radical (unpaired) electrons. The van der Waals surface area contributed by atoms with Gasteiger partial charge in [-0.3, -0.25) is 0 Å². The van der Waals surface area contributed by atoms with E-state index >= 15 is 0 Å². The molecule has 0 fully saturated rings. The zero-order valence-electron chi connectivity index (χ0n) is 6.73. The first-order valence-corrected chi connectivity index (χ1v) is 5.51. The average molecular weight is 420 g/mol. The molecule has 78 valence electrons. The Bertz CT molecular complexity index is 172. The van der Waals surface area contributed by atoms with Crippen LogP contribution in [0.2, 0.25) is 0 Å². The predicted molar refractivity (Wildman–Crippen MR) is 59.5 cm³/mol. The third-order valence-corrected chi connectivity index (χ3v) is 1.79. The second kappa shape index (κ2) is 6.27. The van der Waals surface area contributed by atoms with Gasteiger partial charge in [-0.1, -0.05) is 0 Å². The molecule has 0 heterocycles. The van der Waals surface area contributed by atoms with E-state index in [-0.39, 0.29) is 6.61 Å². The number of rotatable bonds is 5. The fraction of sp³-hybridized carbons (Fsp3) is 0.833. The second-order valence-corrected chi connectivity index (χ2v) is 4.62. The molecule has 0 bridgehead atoms. The number of hydrogen-bond donors (Lipinski definition) is 0. The van der Waals surface area contributed by atoms with E-state index in [2.05, 4.69) is 4.74 Å². The maximum Gasteiger partial charge on any atom is 0.369 e. The van der Waals surface area contributed by atoms with Gasteiger partial charge in [-0.15, -0.1) is 0 Å². The highest BCUT2D eigenvalue weighted by atomic mass is 127. The normalized spacial score (nSPS) is 13.9. The van der Waals surface area contributed by atoms with Crippen molar-refractivity contribution in [2.45, 2.75) is 23.6 Å².